The number of rotatable bonds is 8. The van der Waals surface area contributed by atoms with Gasteiger partial charge in [0.25, 0.3) is 5.91 Å². The zero-order valence-corrected chi connectivity index (χ0v) is 18.1. The molecule has 0 spiro atoms. The lowest BCUT2D eigenvalue weighted by Crippen LogP contribution is -2.23. The molecule has 0 unspecified atom stereocenters. The van der Waals surface area contributed by atoms with Crippen molar-refractivity contribution < 1.29 is 36.6 Å². The molecular formula is C22H20N2O8S. The van der Waals surface area contributed by atoms with Gasteiger partial charge in [0.15, 0.2) is 18.1 Å². The van der Waals surface area contributed by atoms with Crippen LogP contribution in [0.25, 0.3) is 0 Å². The van der Waals surface area contributed by atoms with Gasteiger partial charge < -0.3 is 23.9 Å². The maximum absolute atomic E-state index is 12.3. The van der Waals surface area contributed by atoms with Crippen LogP contribution in [0.3, 0.4) is 0 Å². The van der Waals surface area contributed by atoms with Crippen molar-refractivity contribution in [2.24, 2.45) is 0 Å². The van der Waals surface area contributed by atoms with Crippen LogP contribution in [0.5, 0.6) is 11.5 Å². The van der Waals surface area contributed by atoms with Crippen molar-refractivity contribution in [1.29, 1.82) is 0 Å². The molecule has 1 aliphatic rings. The second kappa shape index (κ2) is 9.76. The SMILES string of the molecule is O=C(COC(=O)c1ccc(S(=O)(=O)NCc2ccco2)cc1)Nc1ccc2c(c1)OCCO2. The Kier molecular flexibility index (Phi) is 6.61. The highest BCUT2D eigenvalue weighted by atomic mass is 32.2. The van der Waals surface area contributed by atoms with Crippen LogP contribution >= 0.6 is 0 Å². The van der Waals surface area contributed by atoms with Gasteiger partial charge in [-0.2, -0.15) is 0 Å². The molecule has 0 atom stereocenters. The summed E-state index contributed by atoms with van der Waals surface area (Å²) in [5.74, 6) is 0.270. The van der Waals surface area contributed by atoms with E-state index in [1.807, 2.05) is 0 Å². The van der Waals surface area contributed by atoms with Gasteiger partial charge in [0.1, 0.15) is 19.0 Å². The highest BCUT2D eigenvalue weighted by molar-refractivity contribution is 7.89. The number of carbonyl (C=O) groups is 2. The van der Waals surface area contributed by atoms with E-state index in [1.165, 1.54) is 30.5 Å². The number of amides is 1. The summed E-state index contributed by atoms with van der Waals surface area (Å²) in [6.45, 7) is 0.362. The molecule has 0 bridgehead atoms. The molecule has 0 radical (unpaired) electrons. The number of ether oxygens (including phenoxy) is 3. The molecule has 0 fully saturated rings. The number of anilines is 1. The van der Waals surface area contributed by atoms with E-state index in [2.05, 4.69) is 10.0 Å². The van der Waals surface area contributed by atoms with Gasteiger partial charge in [-0.1, -0.05) is 0 Å². The maximum Gasteiger partial charge on any atom is 0.338 e. The first-order valence-corrected chi connectivity index (χ1v) is 11.4. The van der Waals surface area contributed by atoms with Crippen molar-refractivity contribution in [2.75, 3.05) is 25.1 Å². The largest absolute Gasteiger partial charge is 0.486 e. The molecule has 11 heteroatoms. The predicted octanol–water partition coefficient (Wildman–Crippen LogP) is 2.32. The zero-order chi connectivity index (χ0) is 23.3. The maximum atomic E-state index is 12.3. The van der Waals surface area contributed by atoms with Gasteiger partial charge in [0.05, 0.1) is 23.3 Å². The monoisotopic (exact) mass is 472 g/mol. The summed E-state index contributed by atoms with van der Waals surface area (Å²) in [6, 6.07) is 13.4. The van der Waals surface area contributed by atoms with Gasteiger partial charge in [-0.3, -0.25) is 4.79 Å². The lowest BCUT2D eigenvalue weighted by Gasteiger charge is -2.19. The van der Waals surface area contributed by atoms with Crippen LogP contribution < -0.4 is 19.5 Å². The smallest absolute Gasteiger partial charge is 0.338 e. The quantitative estimate of drug-likeness (QED) is 0.477. The number of fused-ring (bicyclic) bond motifs is 1. The first-order valence-electron chi connectivity index (χ1n) is 9.89. The highest BCUT2D eigenvalue weighted by Gasteiger charge is 2.17. The van der Waals surface area contributed by atoms with E-state index < -0.39 is 28.5 Å². The number of carbonyl (C=O) groups excluding carboxylic acids is 2. The van der Waals surface area contributed by atoms with Crippen LogP contribution in [0.2, 0.25) is 0 Å². The average Bonchev–Trinajstić information content (AvgIpc) is 3.35. The van der Waals surface area contributed by atoms with Crippen molar-refractivity contribution >= 4 is 27.6 Å². The van der Waals surface area contributed by atoms with E-state index in [4.69, 9.17) is 18.6 Å². The number of furan rings is 1. The number of hydrogen-bond donors (Lipinski definition) is 2. The molecule has 0 aliphatic carbocycles. The third-order valence-corrected chi connectivity index (χ3v) is 5.99. The Balaban J connectivity index is 1.29. The van der Waals surface area contributed by atoms with Gasteiger partial charge in [-0.15, -0.1) is 0 Å². The number of hydrogen-bond acceptors (Lipinski definition) is 8. The van der Waals surface area contributed by atoms with Crippen molar-refractivity contribution in [1.82, 2.24) is 4.72 Å². The summed E-state index contributed by atoms with van der Waals surface area (Å²) in [4.78, 5) is 24.3. The van der Waals surface area contributed by atoms with Crippen molar-refractivity contribution in [2.45, 2.75) is 11.4 Å². The first-order chi connectivity index (χ1) is 15.9. The zero-order valence-electron chi connectivity index (χ0n) is 17.3. The Morgan fingerprint density at radius 3 is 2.45 bits per heavy atom. The minimum atomic E-state index is -3.79. The normalized spacial score (nSPS) is 12.7. The van der Waals surface area contributed by atoms with Crippen LogP contribution in [0.1, 0.15) is 16.1 Å². The van der Waals surface area contributed by atoms with Crippen LogP contribution in [-0.4, -0.2) is 40.1 Å². The molecule has 172 valence electrons. The number of sulfonamides is 1. The molecule has 2 N–H and O–H groups in total. The first kappa shape index (κ1) is 22.4. The van der Waals surface area contributed by atoms with Gasteiger partial charge in [-0.25, -0.2) is 17.9 Å². The highest BCUT2D eigenvalue weighted by Crippen LogP contribution is 2.32. The van der Waals surface area contributed by atoms with Gasteiger partial charge in [0.2, 0.25) is 10.0 Å². The molecule has 1 aliphatic heterocycles. The van der Waals surface area contributed by atoms with Crippen molar-refractivity contribution in [3.63, 3.8) is 0 Å². The molecule has 1 amide bonds. The molecule has 33 heavy (non-hydrogen) atoms. The molecule has 10 nitrogen and oxygen atoms in total. The van der Waals surface area contributed by atoms with Gasteiger partial charge >= 0.3 is 5.97 Å². The van der Waals surface area contributed by atoms with E-state index in [0.29, 0.717) is 36.2 Å². The molecule has 0 saturated carbocycles. The van der Waals surface area contributed by atoms with Gasteiger partial charge in [-0.05, 0) is 48.5 Å². The molecular weight excluding hydrogens is 452 g/mol. The van der Waals surface area contributed by atoms with E-state index in [0.717, 1.165) is 0 Å². The van der Waals surface area contributed by atoms with E-state index >= 15 is 0 Å². The van der Waals surface area contributed by atoms with Gasteiger partial charge in [0, 0.05) is 11.8 Å². The van der Waals surface area contributed by atoms with E-state index in [-0.39, 0.29) is 17.0 Å². The molecule has 4 rings (SSSR count). The lowest BCUT2D eigenvalue weighted by molar-refractivity contribution is -0.119. The number of esters is 1. The van der Waals surface area contributed by atoms with Crippen molar-refractivity contribution in [3.8, 4) is 11.5 Å². The summed E-state index contributed by atoms with van der Waals surface area (Å²) in [6.07, 6.45) is 1.44. The third-order valence-electron chi connectivity index (χ3n) is 4.58. The Bertz CT molecular complexity index is 1240. The average molecular weight is 472 g/mol. The molecule has 2 heterocycles. The van der Waals surface area contributed by atoms with E-state index in [1.54, 1.807) is 30.3 Å². The lowest BCUT2D eigenvalue weighted by atomic mass is 10.2. The predicted molar refractivity (Wildman–Crippen MR) is 116 cm³/mol. The van der Waals surface area contributed by atoms with Crippen LogP contribution in [0.4, 0.5) is 5.69 Å². The second-order valence-corrected chi connectivity index (χ2v) is 8.68. The fraction of sp³-hybridized carbons (Fsp3) is 0.182. The summed E-state index contributed by atoms with van der Waals surface area (Å²) in [7, 11) is -3.79. The molecule has 2 aromatic carbocycles. The summed E-state index contributed by atoms with van der Waals surface area (Å²) >= 11 is 0. The summed E-state index contributed by atoms with van der Waals surface area (Å²) in [5.41, 5.74) is 0.573. The number of nitrogens with one attached hydrogen (secondary N) is 2. The summed E-state index contributed by atoms with van der Waals surface area (Å²) < 4.78 is 48.1. The topological polar surface area (TPSA) is 133 Å². The molecule has 1 aromatic heterocycles. The van der Waals surface area contributed by atoms with Crippen LogP contribution in [0.15, 0.2) is 70.2 Å². The van der Waals surface area contributed by atoms with E-state index in [9.17, 15) is 18.0 Å². The Hall–Kier alpha value is -3.83. The van der Waals surface area contributed by atoms with Crippen molar-refractivity contribution in [3.05, 3.63) is 72.2 Å². The minimum Gasteiger partial charge on any atom is -0.486 e. The minimum absolute atomic E-state index is 0.00237. The Labute approximate surface area is 189 Å². The molecule has 3 aromatic rings. The third kappa shape index (κ3) is 5.70. The van der Waals surface area contributed by atoms with Crippen LogP contribution in [0, 0.1) is 0 Å². The van der Waals surface area contributed by atoms with Crippen LogP contribution in [-0.2, 0) is 26.1 Å². The summed E-state index contributed by atoms with van der Waals surface area (Å²) in [5, 5.41) is 2.61. The Morgan fingerprint density at radius 2 is 1.73 bits per heavy atom. The second-order valence-electron chi connectivity index (χ2n) is 6.91. The number of benzene rings is 2. The Morgan fingerprint density at radius 1 is 0.970 bits per heavy atom. The molecule has 0 saturated heterocycles. The fourth-order valence-electron chi connectivity index (χ4n) is 2.97. The standard InChI is InChI=1S/C22H20N2O8S/c25-21(24-16-5-8-19-20(12-16)31-11-10-30-19)14-32-22(26)15-3-6-18(7-4-15)33(27,28)23-13-17-2-1-9-29-17/h1-9,12,23H,10-11,13-14H2,(H,24,25). The fourth-order valence-corrected chi connectivity index (χ4v) is 3.96.